The number of allylic oxidation sites excluding steroid dienone is 1. The Hall–Kier alpha value is -4.47. The fourth-order valence-electron chi connectivity index (χ4n) is 6.70. The third kappa shape index (κ3) is 8.37. The number of alkyl halides is 3. The average Bonchev–Trinajstić information content (AvgIpc) is 3.99. The molecule has 2 aromatic rings. The van der Waals surface area contributed by atoms with Crippen LogP contribution >= 0.6 is 0 Å². The van der Waals surface area contributed by atoms with Crippen molar-refractivity contribution in [2.24, 2.45) is 11.8 Å². The molecule has 12 nitrogen and oxygen atoms in total. The number of carbonyl (C=O) groups is 4. The highest BCUT2D eigenvalue weighted by Gasteiger charge is 2.62. The molecule has 4 aliphatic rings. The SMILES string of the molecule is C=C[C@@H]1C[C@]1(NC(=O)[C@@H]1C[C@@H]2CN1C(=O)[C@@H](CC(F)(F)F)CC(=O)OCCCC/C=C/c1ccc3ccnc(c3c1)O2)C(=O)NS(=O)(=O)C1CC1. The lowest BCUT2D eigenvalue weighted by atomic mass is 9.98. The Morgan fingerprint density at radius 2 is 1.94 bits per heavy atom. The summed E-state index contributed by atoms with van der Waals surface area (Å²) < 4.78 is 80.1. The number of benzene rings is 1. The van der Waals surface area contributed by atoms with Gasteiger partial charge in [-0.1, -0.05) is 30.4 Å². The van der Waals surface area contributed by atoms with E-state index in [4.69, 9.17) is 9.47 Å². The Balaban J connectivity index is 1.33. The summed E-state index contributed by atoms with van der Waals surface area (Å²) in [6.45, 7) is 3.30. The minimum absolute atomic E-state index is 0.0219. The number of cyclic esters (lactones) is 1. The third-order valence-electron chi connectivity index (χ3n) is 9.71. The zero-order chi connectivity index (χ0) is 36.6. The maximum Gasteiger partial charge on any atom is 0.389 e. The summed E-state index contributed by atoms with van der Waals surface area (Å²) in [6.07, 6.45) is 0.881. The fraction of sp³-hybridized carbons (Fsp3) is 0.514. The van der Waals surface area contributed by atoms with E-state index in [-0.39, 0.29) is 31.9 Å². The van der Waals surface area contributed by atoms with E-state index in [2.05, 4.69) is 16.9 Å². The van der Waals surface area contributed by atoms with Crippen LogP contribution in [0.25, 0.3) is 16.8 Å². The molecule has 16 heteroatoms. The highest BCUT2D eigenvalue weighted by Crippen LogP contribution is 2.45. The second-order valence-corrected chi connectivity index (χ2v) is 15.6. The molecule has 2 aliphatic heterocycles. The van der Waals surface area contributed by atoms with Gasteiger partial charge in [-0.25, -0.2) is 13.4 Å². The van der Waals surface area contributed by atoms with Gasteiger partial charge in [-0.15, -0.1) is 6.58 Å². The van der Waals surface area contributed by atoms with E-state index in [0.29, 0.717) is 37.5 Å². The van der Waals surface area contributed by atoms with Crippen LogP contribution in [0.2, 0.25) is 0 Å². The minimum Gasteiger partial charge on any atom is -0.472 e. The van der Waals surface area contributed by atoms with Crippen molar-refractivity contribution >= 4 is 50.6 Å². The van der Waals surface area contributed by atoms with Crippen LogP contribution in [0.4, 0.5) is 13.2 Å². The number of halogens is 3. The normalized spacial score (nSPS) is 28.1. The fourth-order valence-corrected chi connectivity index (χ4v) is 8.06. The first-order valence-electron chi connectivity index (χ1n) is 16.9. The lowest BCUT2D eigenvalue weighted by molar-refractivity contribution is -0.166. The summed E-state index contributed by atoms with van der Waals surface area (Å²) in [7, 11) is -3.98. The van der Waals surface area contributed by atoms with Gasteiger partial charge in [-0.05, 0) is 61.6 Å². The highest BCUT2D eigenvalue weighted by molar-refractivity contribution is 7.91. The monoisotopic (exact) mass is 732 g/mol. The molecule has 2 N–H and O–H groups in total. The van der Waals surface area contributed by atoms with Crippen molar-refractivity contribution < 1.29 is 50.2 Å². The van der Waals surface area contributed by atoms with Gasteiger partial charge in [0, 0.05) is 23.9 Å². The molecule has 4 bridgehead atoms. The number of nitrogens with zero attached hydrogens (tertiary/aromatic N) is 2. The van der Waals surface area contributed by atoms with Crippen molar-refractivity contribution in [3.8, 4) is 5.88 Å². The number of pyridine rings is 1. The van der Waals surface area contributed by atoms with Gasteiger partial charge in [0.1, 0.15) is 17.7 Å². The van der Waals surface area contributed by atoms with E-state index in [1.54, 1.807) is 6.07 Å². The van der Waals surface area contributed by atoms with E-state index in [0.717, 1.165) is 15.8 Å². The maximum absolute atomic E-state index is 14.0. The summed E-state index contributed by atoms with van der Waals surface area (Å²) in [5.41, 5.74) is -0.843. The smallest absolute Gasteiger partial charge is 0.389 e. The molecule has 1 saturated heterocycles. The Morgan fingerprint density at radius 1 is 1.16 bits per heavy atom. The van der Waals surface area contributed by atoms with Gasteiger partial charge in [-0.3, -0.25) is 23.9 Å². The summed E-state index contributed by atoms with van der Waals surface area (Å²) in [5.74, 6) is -6.32. The number of carbonyl (C=O) groups excluding carboxylic acids is 4. The Labute approximate surface area is 292 Å². The van der Waals surface area contributed by atoms with Crippen LogP contribution in [0.5, 0.6) is 5.88 Å². The number of sulfonamides is 1. The van der Waals surface area contributed by atoms with E-state index in [1.165, 1.54) is 12.3 Å². The summed E-state index contributed by atoms with van der Waals surface area (Å²) >= 11 is 0. The third-order valence-corrected chi connectivity index (χ3v) is 11.5. The molecule has 0 spiro atoms. The summed E-state index contributed by atoms with van der Waals surface area (Å²) in [5, 5.41) is 3.31. The van der Waals surface area contributed by atoms with Gasteiger partial charge in [0.05, 0.1) is 37.2 Å². The minimum atomic E-state index is -4.83. The van der Waals surface area contributed by atoms with Crippen molar-refractivity contribution in [2.75, 3.05) is 13.2 Å². The number of rotatable bonds is 7. The molecular formula is C35H39F3N4O8S. The Bertz CT molecular complexity index is 1860. The van der Waals surface area contributed by atoms with E-state index >= 15 is 0 Å². The molecule has 0 radical (unpaired) electrons. The highest BCUT2D eigenvalue weighted by atomic mass is 32.2. The van der Waals surface area contributed by atoms with Gasteiger partial charge in [0.25, 0.3) is 5.91 Å². The van der Waals surface area contributed by atoms with E-state index < -0.39 is 87.5 Å². The number of fused-ring (bicyclic) bond motifs is 3. The lowest BCUT2D eigenvalue weighted by Gasteiger charge is -2.29. The van der Waals surface area contributed by atoms with Crippen LogP contribution in [0.15, 0.2) is 49.2 Å². The van der Waals surface area contributed by atoms with E-state index in [1.807, 2.05) is 35.1 Å². The second kappa shape index (κ2) is 14.3. The zero-order valence-corrected chi connectivity index (χ0v) is 28.5. The maximum atomic E-state index is 14.0. The standard InChI is InChI=1S/C35H39F3N4O8S/c1-2-24-19-34(24,33(46)41-51(47,48)26-10-11-26)40-30(44)28-17-25-20-42(28)32(45)23(18-35(36,37)38)16-29(43)49-14-6-4-3-5-7-21-8-9-22-12-13-39-31(50-25)27(22)15-21/h2,5,7-9,12-13,15,23-26,28H,1,3-4,6,10-11,14,16-20H2,(H,40,44)(H,41,46)/b7-5+/t23-,24-,25-,28+,34-/m1/s1. The molecule has 0 unspecified atom stereocenters. The van der Waals surface area contributed by atoms with E-state index in [9.17, 15) is 40.8 Å². The molecule has 6 rings (SSSR count). The quantitative estimate of drug-likeness (QED) is 0.317. The van der Waals surface area contributed by atoms with Crippen molar-refractivity contribution in [1.29, 1.82) is 0 Å². The Morgan fingerprint density at radius 3 is 2.65 bits per heavy atom. The number of aromatic nitrogens is 1. The van der Waals surface area contributed by atoms with Crippen LogP contribution in [-0.2, 0) is 33.9 Å². The molecule has 274 valence electrons. The number of nitrogens with one attached hydrogen (secondary N) is 2. The van der Waals surface area contributed by atoms with Crippen LogP contribution in [0.1, 0.15) is 63.4 Å². The first-order chi connectivity index (χ1) is 24.2. The van der Waals surface area contributed by atoms with Gasteiger partial charge in [-0.2, -0.15) is 13.2 Å². The van der Waals surface area contributed by atoms with Crippen molar-refractivity contribution in [2.45, 2.75) is 86.9 Å². The number of ether oxygens (including phenoxy) is 2. The van der Waals surface area contributed by atoms with Gasteiger partial charge in [0.2, 0.25) is 27.7 Å². The van der Waals surface area contributed by atoms with Crippen molar-refractivity contribution in [1.82, 2.24) is 19.9 Å². The molecule has 1 aromatic carbocycles. The second-order valence-electron chi connectivity index (χ2n) is 13.6. The predicted molar refractivity (Wildman–Crippen MR) is 178 cm³/mol. The molecule has 3 amide bonds. The molecule has 3 fully saturated rings. The molecule has 3 heterocycles. The van der Waals surface area contributed by atoms with Gasteiger partial charge in [0.15, 0.2) is 0 Å². The van der Waals surface area contributed by atoms with Crippen LogP contribution in [-0.4, -0.2) is 84.3 Å². The van der Waals surface area contributed by atoms with Crippen LogP contribution < -0.4 is 14.8 Å². The van der Waals surface area contributed by atoms with Gasteiger partial charge < -0.3 is 19.7 Å². The molecule has 5 atom stereocenters. The number of esters is 1. The molecule has 51 heavy (non-hydrogen) atoms. The van der Waals surface area contributed by atoms with Crippen LogP contribution in [0, 0.1) is 11.8 Å². The number of hydrogen-bond acceptors (Lipinski definition) is 9. The van der Waals surface area contributed by atoms with Crippen molar-refractivity contribution in [3.05, 3.63) is 54.8 Å². The predicted octanol–water partition coefficient (Wildman–Crippen LogP) is 3.95. The summed E-state index contributed by atoms with van der Waals surface area (Å²) in [6, 6.07) is 6.01. The zero-order valence-electron chi connectivity index (χ0n) is 27.7. The molecule has 2 saturated carbocycles. The largest absolute Gasteiger partial charge is 0.472 e. The van der Waals surface area contributed by atoms with Gasteiger partial charge >= 0.3 is 12.1 Å². The summed E-state index contributed by atoms with van der Waals surface area (Å²) in [4.78, 5) is 59.4. The molecule has 1 aromatic heterocycles. The first-order valence-corrected chi connectivity index (χ1v) is 18.5. The lowest BCUT2D eigenvalue weighted by Crippen LogP contribution is -2.57. The average molecular weight is 733 g/mol. The first kappa shape index (κ1) is 36.3. The Kier molecular flexibility index (Phi) is 10.2. The topological polar surface area (TPSA) is 161 Å². The molecular weight excluding hydrogens is 693 g/mol. The number of amides is 3. The van der Waals surface area contributed by atoms with Crippen LogP contribution in [0.3, 0.4) is 0 Å². The van der Waals surface area contributed by atoms with Crippen molar-refractivity contribution in [3.63, 3.8) is 0 Å². The number of hydrogen-bond donors (Lipinski definition) is 2. The molecule has 2 aliphatic carbocycles.